The van der Waals surface area contributed by atoms with Crippen molar-refractivity contribution in [3.05, 3.63) is 46.4 Å². The Kier molecular flexibility index (Phi) is 4.10. The number of nitrogens with zero attached hydrogens (tertiary/aromatic N) is 3. The van der Waals surface area contributed by atoms with Crippen molar-refractivity contribution in [2.24, 2.45) is 0 Å². The summed E-state index contributed by atoms with van der Waals surface area (Å²) in [6.45, 7) is 6.28. The van der Waals surface area contributed by atoms with Gasteiger partial charge >= 0.3 is 0 Å². The number of pyridine rings is 1. The maximum Gasteiger partial charge on any atom is 0.151 e. The molecule has 2 aromatic rings. The normalized spacial score (nSPS) is 10.5. The van der Waals surface area contributed by atoms with Crippen LogP contribution >= 0.6 is 0 Å². The van der Waals surface area contributed by atoms with Crippen LogP contribution in [0.3, 0.4) is 0 Å². The van der Waals surface area contributed by atoms with Gasteiger partial charge in [0.2, 0.25) is 0 Å². The lowest BCUT2D eigenvalue weighted by atomic mass is 10.1. The zero-order chi connectivity index (χ0) is 13.8. The van der Waals surface area contributed by atoms with Gasteiger partial charge in [0.05, 0.1) is 5.69 Å². The van der Waals surface area contributed by atoms with Gasteiger partial charge in [0.1, 0.15) is 0 Å². The van der Waals surface area contributed by atoms with Crippen LogP contribution in [0.4, 0.5) is 5.82 Å². The van der Waals surface area contributed by atoms with E-state index >= 15 is 0 Å². The van der Waals surface area contributed by atoms with Crippen molar-refractivity contribution in [1.82, 2.24) is 15.2 Å². The van der Waals surface area contributed by atoms with E-state index in [1.165, 1.54) is 11.1 Å². The number of aryl methyl sites for hydroxylation is 1. The van der Waals surface area contributed by atoms with Gasteiger partial charge in [-0.3, -0.25) is 4.98 Å². The molecule has 0 spiro atoms. The number of nitrogens with one attached hydrogen (secondary N) is 1. The van der Waals surface area contributed by atoms with Crippen LogP contribution in [0.25, 0.3) is 0 Å². The SMILES string of the molecule is CCc1ccc(Cc2nnc(NC)c(C)c2C)nc1. The highest BCUT2D eigenvalue weighted by Crippen LogP contribution is 2.18. The van der Waals surface area contributed by atoms with Crippen LogP contribution in [0.2, 0.25) is 0 Å². The minimum absolute atomic E-state index is 0.730. The molecule has 0 radical (unpaired) electrons. The Bertz CT molecular complexity index is 561. The smallest absolute Gasteiger partial charge is 0.151 e. The highest BCUT2D eigenvalue weighted by atomic mass is 15.2. The van der Waals surface area contributed by atoms with Gasteiger partial charge in [-0.15, -0.1) is 5.10 Å². The zero-order valence-corrected chi connectivity index (χ0v) is 12.0. The Balaban J connectivity index is 2.25. The molecular formula is C15H20N4. The molecule has 0 saturated carbocycles. The number of hydrogen-bond acceptors (Lipinski definition) is 4. The molecule has 4 nitrogen and oxygen atoms in total. The van der Waals surface area contributed by atoms with Crippen LogP contribution in [0.1, 0.15) is 35.0 Å². The van der Waals surface area contributed by atoms with E-state index in [-0.39, 0.29) is 0 Å². The first-order valence-electron chi connectivity index (χ1n) is 6.60. The molecule has 1 N–H and O–H groups in total. The van der Waals surface area contributed by atoms with Crippen LogP contribution in [0, 0.1) is 13.8 Å². The highest BCUT2D eigenvalue weighted by Gasteiger charge is 2.09. The second-order valence-corrected chi connectivity index (χ2v) is 4.68. The number of hydrogen-bond donors (Lipinski definition) is 1. The van der Waals surface area contributed by atoms with Gasteiger partial charge in [-0.2, -0.15) is 5.10 Å². The number of rotatable bonds is 4. The van der Waals surface area contributed by atoms with Gasteiger partial charge in [-0.1, -0.05) is 13.0 Å². The molecule has 100 valence electrons. The Morgan fingerprint density at radius 2 is 1.89 bits per heavy atom. The zero-order valence-electron chi connectivity index (χ0n) is 12.0. The third kappa shape index (κ3) is 2.89. The first-order valence-corrected chi connectivity index (χ1v) is 6.60. The fourth-order valence-electron chi connectivity index (χ4n) is 2.00. The molecule has 4 heteroatoms. The highest BCUT2D eigenvalue weighted by molar-refractivity contribution is 5.47. The Morgan fingerprint density at radius 3 is 2.47 bits per heavy atom. The molecule has 2 rings (SSSR count). The first kappa shape index (κ1) is 13.5. The van der Waals surface area contributed by atoms with Crippen molar-refractivity contribution in [3.63, 3.8) is 0 Å². The lowest BCUT2D eigenvalue weighted by molar-refractivity contribution is 0.890. The van der Waals surface area contributed by atoms with Crippen molar-refractivity contribution in [2.75, 3.05) is 12.4 Å². The second kappa shape index (κ2) is 5.78. The summed E-state index contributed by atoms with van der Waals surface area (Å²) in [5.41, 5.74) is 5.62. The average molecular weight is 256 g/mol. The summed E-state index contributed by atoms with van der Waals surface area (Å²) in [4.78, 5) is 4.47. The Labute approximate surface area is 114 Å². The molecule has 2 aromatic heterocycles. The van der Waals surface area contributed by atoms with Crippen LogP contribution in [0.5, 0.6) is 0 Å². The summed E-state index contributed by atoms with van der Waals surface area (Å²) in [5, 5.41) is 11.5. The number of aromatic nitrogens is 3. The van der Waals surface area contributed by atoms with Gasteiger partial charge in [0.25, 0.3) is 0 Å². The van der Waals surface area contributed by atoms with E-state index in [0.717, 1.165) is 35.6 Å². The molecule has 19 heavy (non-hydrogen) atoms. The summed E-state index contributed by atoms with van der Waals surface area (Å²) in [7, 11) is 1.86. The molecular weight excluding hydrogens is 236 g/mol. The monoisotopic (exact) mass is 256 g/mol. The van der Waals surface area contributed by atoms with Gasteiger partial charge < -0.3 is 5.32 Å². The van der Waals surface area contributed by atoms with E-state index in [1.54, 1.807) is 0 Å². The fraction of sp³-hybridized carbons (Fsp3) is 0.400. The lowest BCUT2D eigenvalue weighted by Gasteiger charge is -2.10. The fourth-order valence-corrected chi connectivity index (χ4v) is 2.00. The van der Waals surface area contributed by atoms with Gasteiger partial charge in [-0.05, 0) is 43.0 Å². The molecule has 2 heterocycles. The maximum absolute atomic E-state index is 4.47. The van der Waals surface area contributed by atoms with E-state index in [1.807, 2.05) is 13.2 Å². The number of anilines is 1. The minimum atomic E-state index is 0.730. The summed E-state index contributed by atoms with van der Waals surface area (Å²) >= 11 is 0. The molecule has 0 aliphatic rings. The standard InChI is InChI=1S/C15H20N4/c1-5-12-6-7-13(17-9-12)8-14-10(2)11(3)15(16-4)19-18-14/h6-7,9H,5,8H2,1-4H3,(H,16,19). The van der Waals surface area contributed by atoms with Crippen LogP contribution in [-0.4, -0.2) is 22.2 Å². The van der Waals surface area contributed by atoms with Crippen molar-refractivity contribution >= 4 is 5.82 Å². The Morgan fingerprint density at radius 1 is 1.11 bits per heavy atom. The first-order chi connectivity index (χ1) is 9.15. The van der Waals surface area contributed by atoms with Gasteiger partial charge in [-0.25, -0.2) is 0 Å². The molecule has 0 aromatic carbocycles. The van der Waals surface area contributed by atoms with E-state index < -0.39 is 0 Å². The summed E-state index contributed by atoms with van der Waals surface area (Å²) in [6, 6.07) is 4.20. The van der Waals surface area contributed by atoms with E-state index in [4.69, 9.17) is 0 Å². The van der Waals surface area contributed by atoms with Gasteiger partial charge in [0.15, 0.2) is 5.82 Å². The maximum atomic E-state index is 4.47. The van der Waals surface area contributed by atoms with Crippen molar-refractivity contribution in [2.45, 2.75) is 33.6 Å². The summed E-state index contributed by atoms with van der Waals surface area (Å²) in [5.74, 6) is 0.843. The summed E-state index contributed by atoms with van der Waals surface area (Å²) < 4.78 is 0. The Hall–Kier alpha value is -1.97. The average Bonchev–Trinajstić information content (AvgIpc) is 2.45. The van der Waals surface area contributed by atoms with E-state index in [9.17, 15) is 0 Å². The molecule has 0 atom stereocenters. The largest absolute Gasteiger partial charge is 0.371 e. The topological polar surface area (TPSA) is 50.7 Å². The summed E-state index contributed by atoms with van der Waals surface area (Å²) in [6.07, 6.45) is 3.68. The van der Waals surface area contributed by atoms with Crippen molar-refractivity contribution in [1.29, 1.82) is 0 Å². The molecule has 0 amide bonds. The lowest BCUT2D eigenvalue weighted by Crippen LogP contribution is -2.06. The van der Waals surface area contributed by atoms with Gasteiger partial charge in [0, 0.05) is 25.4 Å². The second-order valence-electron chi connectivity index (χ2n) is 4.68. The predicted molar refractivity (Wildman–Crippen MR) is 77.5 cm³/mol. The van der Waals surface area contributed by atoms with Crippen LogP contribution in [-0.2, 0) is 12.8 Å². The molecule has 0 aliphatic heterocycles. The van der Waals surface area contributed by atoms with E-state index in [2.05, 4.69) is 53.4 Å². The minimum Gasteiger partial charge on any atom is -0.371 e. The third-order valence-corrected chi connectivity index (χ3v) is 3.50. The van der Waals surface area contributed by atoms with E-state index in [0.29, 0.717) is 0 Å². The van der Waals surface area contributed by atoms with Crippen molar-refractivity contribution < 1.29 is 0 Å². The molecule has 0 aliphatic carbocycles. The van der Waals surface area contributed by atoms with Crippen LogP contribution in [0.15, 0.2) is 18.3 Å². The quantitative estimate of drug-likeness (QED) is 0.913. The molecule has 0 fully saturated rings. The molecule has 0 unspecified atom stereocenters. The van der Waals surface area contributed by atoms with Crippen molar-refractivity contribution in [3.8, 4) is 0 Å². The molecule has 0 saturated heterocycles. The third-order valence-electron chi connectivity index (χ3n) is 3.50. The molecule has 0 bridgehead atoms. The predicted octanol–water partition coefficient (Wildman–Crippen LogP) is 2.68. The van der Waals surface area contributed by atoms with Crippen LogP contribution < -0.4 is 5.32 Å².